The molecule has 0 amide bonds. The lowest BCUT2D eigenvalue weighted by Crippen LogP contribution is -2.18. The Labute approximate surface area is 115 Å². The van der Waals surface area contributed by atoms with Crippen molar-refractivity contribution in [2.75, 3.05) is 13.7 Å². The summed E-state index contributed by atoms with van der Waals surface area (Å²) >= 11 is 0. The Hall–Kier alpha value is -1.22. The SMILES string of the molecule is COc1ccc(CN)cc1OCC1CC2CCC1C2. The number of hydrogen-bond donors (Lipinski definition) is 1. The molecule has 3 rings (SSSR count). The van der Waals surface area contributed by atoms with E-state index in [1.54, 1.807) is 7.11 Å². The van der Waals surface area contributed by atoms with Crippen LogP contribution in [0.25, 0.3) is 0 Å². The summed E-state index contributed by atoms with van der Waals surface area (Å²) in [5.41, 5.74) is 6.77. The molecule has 0 aliphatic heterocycles. The van der Waals surface area contributed by atoms with Crippen molar-refractivity contribution in [3.05, 3.63) is 23.8 Å². The van der Waals surface area contributed by atoms with Crippen LogP contribution in [0, 0.1) is 17.8 Å². The van der Waals surface area contributed by atoms with Gasteiger partial charge in [0.15, 0.2) is 11.5 Å². The summed E-state index contributed by atoms with van der Waals surface area (Å²) in [7, 11) is 1.68. The number of hydrogen-bond acceptors (Lipinski definition) is 3. The van der Waals surface area contributed by atoms with E-state index in [0.717, 1.165) is 41.4 Å². The highest BCUT2D eigenvalue weighted by Crippen LogP contribution is 2.48. The van der Waals surface area contributed by atoms with Crippen molar-refractivity contribution in [2.24, 2.45) is 23.5 Å². The molecule has 2 bridgehead atoms. The molecule has 3 heteroatoms. The molecule has 0 saturated heterocycles. The lowest BCUT2D eigenvalue weighted by atomic mass is 9.89. The van der Waals surface area contributed by atoms with E-state index in [4.69, 9.17) is 15.2 Å². The molecule has 3 unspecified atom stereocenters. The van der Waals surface area contributed by atoms with Crippen LogP contribution in [0.2, 0.25) is 0 Å². The summed E-state index contributed by atoms with van der Waals surface area (Å²) in [6.07, 6.45) is 5.61. The maximum absolute atomic E-state index is 6.03. The van der Waals surface area contributed by atoms with Crippen LogP contribution in [0.5, 0.6) is 11.5 Å². The second-order valence-corrected chi connectivity index (χ2v) is 5.94. The Kier molecular flexibility index (Phi) is 3.65. The van der Waals surface area contributed by atoms with E-state index in [2.05, 4.69) is 0 Å². The highest BCUT2D eigenvalue weighted by atomic mass is 16.5. The van der Waals surface area contributed by atoms with Crippen molar-refractivity contribution >= 4 is 0 Å². The molecule has 19 heavy (non-hydrogen) atoms. The maximum Gasteiger partial charge on any atom is 0.161 e. The monoisotopic (exact) mass is 261 g/mol. The topological polar surface area (TPSA) is 44.5 Å². The molecule has 104 valence electrons. The average molecular weight is 261 g/mol. The number of ether oxygens (including phenoxy) is 2. The molecule has 2 saturated carbocycles. The van der Waals surface area contributed by atoms with Gasteiger partial charge in [-0.15, -0.1) is 0 Å². The molecular formula is C16H23NO2. The summed E-state index contributed by atoms with van der Waals surface area (Å²) < 4.78 is 11.4. The zero-order chi connectivity index (χ0) is 13.2. The van der Waals surface area contributed by atoms with E-state index < -0.39 is 0 Å². The molecule has 2 fully saturated rings. The molecule has 1 aromatic carbocycles. The largest absolute Gasteiger partial charge is 0.493 e. The van der Waals surface area contributed by atoms with E-state index in [1.807, 2.05) is 18.2 Å². The van der Waals surface area contributed by atoms with Gasteiger partial charge in [-0.2, -0.15) is 0 Å². The van der Waals surface area contributed by atoms with Crippen molar-refractivity contribution in [2.45, 2.75) is 32.2 Å². The van der Waals surface area contributed by atoms with Crippen LogP contribution in [0.3, 0.4) is 0 Å². The predicted octanol–water partition coefficient (Wildman–Crippen LogP) is 2.97. The Bertz CT molecular complexity index is 446. The molecule has 2 N–H and O–H groups in total. The quantitative estimate of drug-likeness (QED) is 0.886. The van der Waals surface area contributed by atoms with E-state index in [-0.39, 0.29) is 0 Å². The van der Waals surface area contributed by atoms with Gasteiger partial charge in [-0.3, -0.25) is 0 Å². The normalized spacial score (nSPS) is 28.6. The maximum atomic E-state index is 6.03. The summed E-state index contributed by atoms with van der Waals surface area (Å²) in [5.74, 6) is 4.25. The Balaban J connectivity index is 1.65. The molecule has 2 aliphatic rings. The smallest absolute Gasteiger partial charge is 0.161 e. The van der Waals surface area contributed by atoms with Crippen molar-refractivity contribution < 1.29 is 9.47 Å². The van der Waals surface area contributed by atoms with Gasteiger partial charge in [0, 0.05) is 6.54 Å². The third-order valence-corrected chi connectivity index (χ3v) is 4.80. The van der Waals surface area contributed by atoms with Gasteiger partial charge in [0.25, 0.3) is 0 Å². The molecule has 0 spiro atoms. The van der Waals surface area contributed by atoms with Crippen LogP contribution in [-0.4, -0.2) is 13.7 Å². The van der Waals surface area contributed by atoms with Crippen molar-refractivity contribution in [3.63, 3.8) is 0 Å². The Morgan fingerprint density at radius 3 is 2.74 bits per heavy atom. The van der Waals surface area contributed by atoms with Crippen LogP contribution in [-0.2, 0) is 6.54 Å². The first kappa shape index (κ1) is 12.8. The van der Waals surface area contributed by atoms with E-state index in [1.165, 1.54) is 25.7 Å². The standard InChI is InChI=1S/C16H23NO2/c1-18-15-5-3-12(9-17)8-16(15)19-10-14-7-11-2-4-13(14)6-11/h3,5,8,11,13-14H,2,4,6-7,9-10,17H2,1H3. The number of rotatable bonds is 5. The number of fused-ring (bicyclic) bond motifs is 2. The highest BCUT2D eigenvalue weighted by molar-refractivity contribution is 5.42. The van der Waals surface area contributed by atoms with Gasteiger partial charge < -0.3 is 15.2 Å². The first-order chi connectivity index (χ1) is 9.30. The molecule has 3 nitrogen and oxygen atoms in total. The second-order valence-electron chi connectivity index (χ2n) is 5.94. The fourth-order valence-corrected chi connectivity index (χ4v) is 3.74. The van der Waals surface area contributed by atoms with Crippen LogP contribution >= 0.6 is 0 Å². The van der Waals surface area contributed by atoms with Gasteiger partial charge in [0.2, 0.25) is 0 Å². The number of nitrogens with two attached hydrogens (primary N) is 1. The zero-order valence-electron chi connectivity index (χ0n) is 11.6. The molecular weight excluding hydrogens is 238 g/mol. The minimum absolute atomic E-state index is 0.536. The zero-order valence-corrected chi connectivity index (χ0v) is 11.6. The summed E-state index contributed by atoms with van der Waals surface area (Å²) in [6, 6.07) is 5.94. The van der Waals surface area contributed by atoms with Crippen molar-refractivity contribution in [1.29, 1.82) is 0 Å². The number of methoxy groups -OCH3 is 1. The molecule has 0 radical (unpaired) electrons. The van der Waals surface area contributed by atoms with Gasteiger partial charge in [-0.05, 0) is 54.7 Å². The fourth-order valence-electron chi connectivity index (χ4n) is 3.74. The molecule has 1 aromatic rings. The minimum atomic E-state index is 0.536. The predicted molar refractivity (Wildman–Crippen MR) is 75.3 cm³/mol. The van der Waals surface area contributed by atoms with Crippen LogP contribution in [0.15, 0.2) is 18.2 Å². The number of benzene rings is 1. The van der Waals surface area contributed by atoms with Gasteiger partial charge in [-0.1, -0.05) is 12.5 Å². The van der Waals surface area contributed by atoms with E-state index in [0.29, 0.717) is 6.54 Å². The molecule has 0 aromatic heterocycles. The third-order valence-electron chi connectivity index (χ3n) is 4.80. The van der Waals surface area contributed by atoms with Crippen LogP contribution in [0.1, 0.15) is 31.2 Å². The van der Waals surface area contributed by atoms with E-state index >= 15 is 0 Å². The second kappa shape index (κ2) is 5.41. The molecule has 3 atom stereocenters. The summed E-state index contributed by atoms with van der Waals surface area (Å²) in [4.78, 5) is 0. The molecule has 2 aliphatic carbocycles. The van der Waals surface area contributed by atoms with Gasteiger partial charge in [-0.25, -0.2) is 0 Å². The van der Waals surface area contributed by atoms with Gasteiger partial charge in [0.05, 0.1) is 13.7 Å². The lowest BCUT2D eigenvalue weighted by molar-refractivity contribution is 0.189. The lowest BCUT2D eigenvalue weighted by Gasteiger charge is -2.22. The highest BCUT2D eigenvalue weighted by Gasteiger charge is 2.39. The first-order valence-electron chi connectivity index (χ1n) is 7.30. The molecule has 0 heterocycles. The van der Waals surface area contributed by atoms with E-state index in [9.17, 15) is 0 Å². The van der Waals surface area contributed by atoms with Crippen molar-refractivity contribution in [3.8, 4) is 11.5 Å². The fraction of sp³-hybridized carbons (Fsp3) is 0.625. The first-order valence-corrected chi connectivity index (χ1v) is 7.30. The Morgan fingerprint density at radius 2 is 2.11 bits per heavy atom. The van der Waals surface area contributed by atoms with Crippen molar-refractivity contribution in [1.82, 2.24) is 0 Å². The summed E-state index contributed by atoms with van der Waals surface area (Å²) in [5, 5.41) is 0. The third kappa shape index (κ3) is 2.57. The Morgan fingerprint density at radius 1 is 1.21 bits per heavy atom. The van der Waals surface area contributed by atoms with Gasteiger partial charge >= 0.3 is 0 Å². The van der Waals surface area contributed by atoms with Gasteiger partial charge in [0.1, 0.15) is 0 Å². The summed E-state index contributed by atoms with van der Waals surface area (Å²) in [6.45, 7) is 1.36. The minimum Gasteiger partial charge on any atom is -0.493 e. The van der Waals surface area contributed by atoms with Crippen LogP contribution in [0.4, 0.5) is 0 Å². The van der Waals surface area contributed by atoms with Crippen LogP contribution < -0.4 is 15.2 Å². The average Bonchev–Trinajstić information content (AvgIpc) is 3.07.